The van der Waals surface area contributed by atoms with Crippen LogP contribution in [0.15, 0.2) is 4.42 Å². The smallest absolute Gasteiger partial charge is 0.143 e. The van der Waals surface area contributed by atoms with E-state index in [4.69, 9.17) is 4.42 Å². The van der Waals surface area contributed by atoms with Gasteiger partial charge in [-0.2, -0.15) is 0 Å². The van der Waals surface area contributed by atoms with Crippen LogP contribution < -0.4 is 153 Å². The molecule has 0 aliphatic carbocycles. The minimum Gasteiger partial charge on any atom is -0.456 e. The molecule has 75 heavy (non-hydrogen) atoms. The summed E-state index contributed by atoms with van der Waals surface area (Å²) < 4.78 is 7.38. The number of fused-ring (bicyclic) bond motifs is 8. The molecule has 330 valence electrons. The van der Waals surface area contributed by atoms with E-state index in [1.165, 1.54) is 240 Å². The van der Waals surface area contributed by atoms with E-state index in [0.29, 0.717) is 0 Å². The Morgan fingerprint density at radius 2 is 0.293 bits per heavy atom. The van der Waals surface area contributed by atoms with Crippen LogP contribution in [0.4, 0.5) is 0 Å². The molecule has 0 aliphatic rings. The highest BCUT2D eigenvalue weighted by Crippen LogP contribution is 2.40. The van der Waals surface area contributed by atoms with Crippen molar-refractivity contribution in [2.24, 2.45) is 0 Å². The molecule has 0 atom stereocenters. The fourth-order valence-electron chi connectivity index (χ4n) is 15.3. The normalized spacial score (nSPS) is 11.9. The molecular weight excluding hydrogens is 871 g/mol. The number of hydrogen-bond acceptors (Lipinski definition) is 1. The lowest BCUT2D eigenvalue weighted by atomic mass is 9.55. The van der Waals surface area contributed by atoms with E-state index in [1.54, 1.807) is 0 Å². The molecule has 29 heteroatoms. The maximum absolute atomic E-state index is 7.38. The van der Waals surface area contributed by atoms with Crippen LogP contribution in [0.5, 0.6) is 0 Å². The summed E-state index contributed by atoms with van der Waals surface area (Å²) in [5.74, 6) is 0. The molecule has 9 aromatic carbocycles. The van der Waals surface area contributed by atoms with Gasteiger partial charge in [0.2, 0.25) is 0 Å². The molecule has 0 radical (unpaired) electrons. The fourth-order valence-corrected chi connectivity index (χ4v) is 15.3. The first-order chi connectivity index (χ1) is 35.0. The Labute approximate surface area is 472 Å². The van der Waals surface area contributed by atoms with Crippen LogP contribution in [-0.4, -0.2) is 220 Å². The Hall–Kier alpha value is -4.36. The van der Waals surface area contributed by atoms with Gasteiger partial charge < -0.3 is 4.42 Å². The summed E-state index contributed by atoms with van der Waals surface area (Å²) in [4.78, 5) is 0. The zero-order chi connectivity index (χ0) is 55.3. The second kappa shape index (κ2) is 18.1. The number of hydrogen-bond donors (Lipinski definition) is 0. The number of furan rings is 1. The van der Waals surface area contributed by atoms with Gasteiger partial charge in [-0.25, -0.2) is 0 Å². The average molecular weight is 928 g/mol. The standard InChI is InChI=1S/C46H56B28O/c47-17-7(24(54)25(55)10-9(17)26(56)27(57)11(18(10)48)12-29(59)40(70)43(73)41(71)30(12)60)1-3-5(22(52)37(67)35(65)20(3)50)2(6-4(1)21(51)36(66)38(68)23(6)53)8-19(49)15-16-33(63)28(58)13-14(34(64)42(72)39(69)31(13)61)45(16)75-46(15)44(74)32(8)62/h47-74H2. The second-order valence-corrected chi connectivity index (χ2v) is 24.3. The predicted octanol–water partition coefficient (Wildman–Crippen LogP) is -35.6. The van der Waals surface area contributed by atoms with Gasteiger partial charge in [-0.05, 0) is 71.1 Å². The van der Waals surface area contributed by atoms with E-state index < -0.39 is 0 Å². The first kappa shape index (κ1) is 54.0. The van der Waals surface area contributed by atoms with Gasteiger partial charge in [-0.3, -0.25) is 0 Å². The quantitative estimate of drug-likeness (QED) is 0.127. The molecule has 0 fully saturated rings. The Morgan fingerprint density at radius 1 is 0.120 bits per heavy atom. The fraction of sp³-hybridized carbons (Fsp3) is 0. The first-order valence-electron chi connectivity index (χ1n) is 27.9. The largest absolute Gasteiger partial charge is 0.456 e. The van der Waals surface area contributed by atoms with E-state index in [-0.39, 0.29) is 0 Å². The van der Waals surface area contributed by atoms with Gasteiger partial charge >= 0.3 is 0 Å². The SMILES string of the molecule is Bc1c(B)c(B)c(-c2c(B)c(B)c3c(B)c(-c4c5c(B)c(B)c(B)c(B)c5c(-c5c(B)c(B)c6oc7c8c(B)c(B)c(B)c(B)c8c(B)c(B)c7c6c5B)c5c(B)c(B)c(B)c(B)c45)c(B)c(B)c3c2B)c(B)c1B. The first-order valence-corrected chi connectivity index (χ1v) is 27.9. The van der Waals surface area contributed by atoms with Crippen molar-refractivity contribution in [1.82, 2.24) is 0 Å². The molecule has 10 rings (SSSR count). The third-order valence-corrected chi connectivity index (χ3v) is 21.7. The molecule has 0 N–H and O–H groups in total. The minimum atomic E-state index is 1.03. The van der Waals surface area contributed by atoms with E-state index in [9.17, 15) is 0 Å². The monoisotopic (exact) mass is 933 g/mol. The van der Waals surface area contributed by atoms with Gasteiger partial charge in [0.25, 0.3) is 0 Å². The van der Waals surface area contributed by atoms with E-state index in [0.717, 1.165) is 11.2 Å². The number of rotatable bonds is 3. The van der Waals surface area contributed by atoms with Gasteiger partial charge in [-0.15, -0.1) is 49.2 Å². The van der Waals surface area contributed by atoms with Crippen molar-refractivity contribution >= 4 is 438 Å². The summed E-state index contributed by atoms with van der Waals surface area (Å²) in [6.07, 6.45) is 0. The van der Waals surface area contributed by atoms with Crippen molar-refractivity contribution in [3.8, 4) is 33.4 Å². The van der Waals surface area contributed by atoms with E-state index in [1.807, 2.05) is 0 Å². The van der Waals surface area contributed by atoms with Gasteiger partial charge in [0.05, 0.1) is 0 Å². The molecular formula is C46H56B28O. The van der Waals surface area contributed by atoms with Gasteiger partial charge in [0.1, 0.15) is 231 Å². The van der Waals surface area contributed by atoms with Crippen LogP contribution in [0, 0.1) is 0 Å². The molecule has 1 aromatic heterocycles. The zero-order valence-corrected chi connectivity index (χ0v) is 51.4. The highest BCUT2D eigenvalue weighted by molar-refractivity contribution is 6.78. The maximum Gasteiger partial charge on any atom is 0.143 e. The Morgan fingerprint density at radius 3 is 0.667 bits per heavy atom. The van der Waals surface area contributed by atoms with Crippen LogP contribution >= 0.6 is 0 Å². The summed E-state index contributed by atoms with van der Waals surface area (Å²) in [6.45, 7) is 0. The van der Waals surface area contributed by atoms with Gasteiger partial charge in [0.15, 0.2) is 0 Å². The Balaban J connectivity index is 1.46. The van der Waals surface area contributed by atoms with Crippen LogP contribution in [0.2, 0.25) is 0 Å². The summed E-state index contributed by atoms with van der Waals surface area (Å²) >= 11 is 0. The summed E-state index contributed by atoms with van der Waals surface area (Å²) in [5.41, 5.74) is 48.8. The molecule has 0 spiro atoms. The molecule has 10 aromatic rings. The molecule has 0 bridgehead atoms. The molecule has 1 heterocycles. The lowest BCUT2D eigenvalue weighted by Gasteiger charge is -2.32. The van der Waals surface area contributed by atoms with Crippen LogP contribution in [0.25, 0.3) is 98.4 Å². The predicted molar refractivity (Wildman–Crippen MR) is 429 cm³/mol. The van der Waals surface area contributed by atoms with Crippen LogP contribution in [0.3, 0.4) is 0 Å². The van der Waals surface area contributed by atoms with E-state index in [2.05, 4.69) is 220 Å². The van der Waals surface area contributed by atoms with Crippen LogP contribution in [-0.2, 0) is 0 Å². The second-order valence-electron chi connectivity index (χ2n) is 24.3. The molecule has 0 aliphatic heterocycles. The van der Waals surface area contributed by atoms with Crippen molar-refractivity contribution < 1.29 is 4.42 Å². The van der Waals surface area contributed by atoms with Crippen LogP contribution in [0.1, 0.15) is 0 Å². The summed E-state index contributed by atoms with van der Waals surface area (Å²) in [7, 11) is 66.4. The molecule has 1 nitrogen and oxygen atoms in total. The summed E-state index contributed by atoms with van der Waals surface area (Å²) in [5, 5.41) is 13.6. The summed E-state index contributed by atoms with van der Waals surface area (Å²) in [6, 6.07) is 0. The lowest BCUT2D eigenvalue weighted by molar-refractivity contribution is 0.676. The Kier molecular flexibility index (Phi) is 13.0. The zero-order valence-electron chi connectivity index (χ0n) is 51.4. The highest BCUT2D eigenvalue weighted by Gasteiger charge is 2.32. The van der Waals surface area contributed by atoms with Gasteiger partial charge in [0, 0.05) is 16.2 Å². The Bertz CT molecular complexity index is 4330. The topological polar surface area (TPSA) is 13.1 Å². The van der Waals surface area contributed by atoms with Crippen molar-refractivity contribution in [3.63, 3.8) is 0 Å². The minimum absolute atomic E-state index is 1.03. The third-order valence-electron chi connectivity index (χ3n) is 21.7. The molecule has 0 amide bonds. The maximum atomic E-state index is 7.38. The van der Waals surface area contributed by atoms with Gasteiger partial charge in [-0.1, -0.05) is 104 Å². The van der Waals surface area contributed by atoms with Crippen molar-refractivity contribution in [3.05, 3.63) is 0 Å². The number of benzene rings is 9. The average Bonchev–Trinajstić information content (AvgIpc) is 3.78. The lowest BCUT2D eigenvalue weighted by Crippen LogP contribution is -2.56. The van der Waals surface area contributed by atoms with Crippen molar-refractivity contribution in [2.75, 3.05) is 0 Å². The molecule has 0 saturated heterocycles. The van der Waals surface area contributed by atoms with Crippen molar-refractivity contribution in [2.45, 2.75) is 0 Å². The van der Waals surface area contributed by atoms with Crippen molar-refractivity contribution in [1.29, 1.82) is 0 Å². The van der Waals surface area contributed by atoms with E-state index >= 15 is 0 Å². The highest BCUT2D eigenvalue weighted by atomic mass is 16.3. The molecule has 0 unspecified atom stereocenters. The molecule has 0 saturated carbocycles. The third kappa shape index (κ3) is 6.85.